The highest BCUT2D eigenvalue weighted by molar-refractivity contribution is 6.04. The van der Waals surface area contributed by atoms with E-state index >= 15 is 0 Å². The number of halogens is 3. The number of alkyl halides is 3. The molecule has 0 unspecified atom stereocenters. The maximum Gasteiger partial charge on any atom is 0.416 e. The molecule has 166 valence electrons. The fraction of sp³-hybridized carbons (Fsp3) is 0.167. The molecule has 3 aromatic rings. The molecule has 3 aromatic carbocycles. The van der Waals surface area contributed by atoms with E-state index in [1.54, 1.807) is 24.3 Å². The summed E-state index contributed by atoms with van der Waals surface area (Å²) < 4.78 is 43.5. The van der Waals surface area contributed by atoms with Gasteiger partial charge in [-0.25, -0.2) is 0 Å². The topological polar surface area (TPSA) is 67.4 Å². The quantitative estimate of drug-likeness (QED) is 0.532. The zero-order valence-corrected chi connectivity index (χ0v) is 17.0. The number of anilines is 1. The van der Waals surface area contributed by atoms with E-state index in [9.17, 15) is 22.8 Å². The molecule has 0 saturated carbocycles. The summed E-state index contributed by atoms with van der Waals surface area (Å²) in [7, 11) is 0. The summed E-state index contributed by atoms with van der Waals surface area (Å²) in [4.78, 5) is 24.8. The second-order valence-corrected chi connectivity index (χ2v) is 6.90. The van der Waals surface area contributed by atoms with Crippen molar-refractivity contribution in [3.8, 4) is 5.75 Å². The fourth-order valence-electron chi connectivity index (χ4n) is 2.95. The molecule has 3 rings (SSSR count). The van der Waals surface area contributed by atoms with Gasteiger partial charge in [0, 0.05) is 6.54 Å². The Labute approximate surface area is 183 Å². The molecule has 0 saturated heterocycles. The molecule has 0 aliphatic rings. The zero-order chi connectivity index (χ0) is 23.0. The van der Waals surface area contributed by atoms with Crippen LogP contribution >= 0.6 is 0 Å². The van der Waals surface area contributed by atoms with Crippen LogP contribution in [0, 0.1) is 0 Å². The summed E-state index contributed by atoms with van der Waals surface area (Å²) in [6, 6.07) is 20.4. The van der Waals surface area contributed by atoms with Crippen molar-refractivity contribution in [1.29, 1.82) is 0 Å². The predicted octanol–water partition coefficient (Wildman–Crippen LogP) is 4.70. The molecular weight excluding hydrogens is 421 g/mol. The predicted molar refractivity (Wildman–Crippen MR) is 114 cm³/mol. The maximum atomic E-state index is 12.8. The summed E-state index contributed by atoms with van der Waals surface area (Å²) in [6.45, 7) is -0.0882. The van der Waals surface area contributed by atoms with Gasteiger partial charge in [0.15, 0.2) is 6.61 Å². The van der Waals surface area contributed by atoms with Crippen LogP contribution in [0.5, 0.6) is 5.75 Å². The number of para-hydroxylation sites is 1. The molecule has 5 nitrogen and oxygen atoms in total. The summed E-state index contributed by atoms with van der Waals surface area (Å²) >= 11 is 0. The molecule has 0 fully saturated rings. The van der Waals surface area contributed by atoms with Gasteiger partial charge < -0.3 is 15.4 Å². The summed E-state index contributed by atoms with van der Waals surface area (Å²) in [5, 5.41) is 5.38. The Morgan fingerprint density at radius 2 is 1.59 bits per heavy atom. The van der Waals surface area contributed by atoms with Crippen molar-refractivity contribution in [3.63, 3.8) is 0 Å². The Morgan fingerprint density at radius 1 is 0.875 bits per heavy atom. The Balaban J connectivity index is 1.56. The van der Waals surface area contributed by atoms with E-state index in [1.165, 1.54) is 12.1 Å². The second kappa shape index (κ2) is 10.5. The van der Waals surface area contributed by atoms with Gasteiger partial charge in [-0.2, -0.15) is 13.2 Å². The molecule has 2 amide bonds. The third-order valence-electron chi connectivity index (χ3n) is 4.52. The largest absolute Gasteiger partial charge is 0.484 e. The van der Waals surface area contributed by atoms with Crippen molar-refractivity contribution in [2.75, 3.05) is 18.5 Å². The Kier molecular flexibility index (Phi) is 7.49. The van der Waals surface area contributed by atoms with Gasteiger partial charge in [-0.05, 0) is 42.3 Å². The van der Waals surface area contributed by atoms with Crippen LogP contribution in [-0.2, 0) is 17.4 Å². The van der Waals surface area contributed by atoms with Crippen LogP contribution < -0.4 is 15.4 Å². The maximum absolute atomic E-state index is 12.8. The molecule has 0 spiro atoms. The van der Waals surface area contributed by atoms with Crippen molar-refractivity contribution in [1.82, 2.24) is 5.32 Å². The molecule has 0 aliphatic heterocycles. The highest BCUT2D eigenvalue weighted by Crippen LogP contribution is 2.31. The third-order valence-corrected chi connectivity index (χ3v) is 4.52. The van der Waals surface area contributed by atoms with Crippen LogP contribution in [0.25, 0.3) is 0 Å². The number of hydrogen-bond donors (Lipinski definition) is 2. The third kappa shape index (κ3) is 6.60. The number of hydrogen-bond acceptors (Lipinski definition) is 3. The van der Waals surface area contributed by atoms with Crippen LogP contribution in [-0.4, -0.2) is 25.0 Å². The first-order valence-electron chi connectivity index (χ1n) is 9.84. The van der Waals surface area contributed by atoms with Crippen LogP contribution in [0.4, 0.5) is 18.9 Å². The lowest BCUT2D eigenvalue weighted by atomic mass is 10.1. The van der Waals surface area contributed by atoms with Gasteiger partial charge in [-0.1, -0.05) is 48.5 Å². The van der Waals surface area contributed by atoms with E-state index in [2.05, 4.69) is 10.6 Å². The molecular formula is C24H21F3N2O3. The first-order chi connectivity index (χ1) is 15.3. The van der Waals surface area contributed by atoms with Crippen molar-refractivity contribution >= 4 is 17.5 Å². The van der Waals surface area contributed by atoms with E-state index in [0.29, 0.717) is 13.0 Å². The van der Waals surface area contributed by atoms with Crippen LogP contribution in [0.3, 0.4) is 0 Å². The lowest BCUT2D eigenvalue weighted by Crippen LogP contribution is -2.28. The van der Waals surface area contributed by atoms with E-state index < -0.39 is 24.3 Å². The second-order valence-electron chi connectivity index (χ2n) is 6.90. The average molecular weight is 442 g/mol. The highest BCUT2D eigenvalue weighted by Gasteiger charge is 2.30. The molecule has 0 atom stereocenters. The van der Waals surface area contributed by atoms with Gasteiger partial charge in [-0.15, -0.1) is 0 Å². The molecule has 8 heteroatoms. The first-order valence-corrected chi connectivity index (χ1v) is 9.84. The molecule has 2 N–H and O–H groups in total. The van der Waals surface area contributed by atoms with Crippen molar-refractivity contribution < 1.29 is 27.5 Å². The normalized spacial score (nSPS) is 11.0. The monoisotopic (exact) mass is 442 g/mol. The van der Waals surface area contributed by atoms with Crippen LogP contribution in [0.1, 0.15) is 21.5 Å². The first kappa shape index (κ1) is 22.9. The smallest absolute Gasteiger partial charge is 0.416 e. The van der Waals surface area contributed by atoms with E-state index in [0.717, 1.165) is 17.7 Å². The molecule has 0 aliphatic carbocycles. The average Bonchev–Trinajstić information content (AvgIpc) is 2.78. The van der Waals surface area contributed by atoms with Gasteiger partial charge in [-0.3, -0.25) is 9.59 Å². The van der Waals surface area contributed by atoms with Crippen molar-refractivity contribution in [2.24, 2.45) is 0 Å². The Hall–Kier alpha value is -3.81. The number of ether oxygens (including phenoxy) is 1. The van der Waals surface area contributed by atoms with Gasteiger partial charge in [0.05, 0.1) is 16.8 Å². The minimum atomic E-state index is -4.51. The molecule has 0 aromatic heterocycles. The van der Waals surface area contributed by atoms with Gasteiger partial charge in [0.2, 0.25) is 0 Å². The van der Waals surface area contributed by atoms with Gasteiger partial charge >= 0.3 is 6.18 Å². The number of rotatable bonds is 8. The fourth-order valence-corrected chi connectivity index (χ4v) is 2.95. The molecule has 32 heavy (non-hydrogen) atoms. The molecule has 0 heterocycles. The number of nitrogens with one attached hydrogen (secondary N) is 2. The summed E-state index contributed by atoms with van der Waals surface area (Å²) in [5.74, 6) is -1.04. The van der Waals surface area contributed by atoms with E-state index in [1.807, 2.05) is 30.3 Å². The van der Waals surface area contributed by atoms with Crippen molar-refractivity contribution in [3.05, 3.63) is 95.6 Å². The Morgan fingerprint density at radius 3 is 2.34 bits per heavy atom. The number of amides is 2. The summed E-state index contributed by atoms with van der Waals surface area (Å²) in [5.41, 5.74) is 0.768. The number of carbonyl (C=O) groups excluding carboxylic acids is 2. The molecule has 0 bridgehead atoms. The minimum Gasteiger partial charge on any atom is -0.484 e. The number of carbonyl (C=O) groups is 2. The lowest BCUT2D eigenvalue weighted by molar-refractivity contribution is -0.137. The van der Waals surface area contributed by atoms with E-state index in [-0.39, 0.29) is 22.9 Å². The van der Waals surface area contributed by atoms with Gasteiger partial charge in [0.25, 0.3) is 11.8 Å². The van der Waals surface area contributed by atoms with Crippen LogP contribution in [0.15, 0.2) is 78.9 Å². The van der Waals surface area contributed by atoms with E-state index in [4.69, 9.17) is 4.74 Å². The lowest BCUT2D eigenvalue weighted by Gasteiger charge is -2.13. The summed E-state index contributed by atoms with van der Waals surface area (Å²) in [6.07, 6.45) is -3.85. The van der Waals surface area contributed by atoms with Crippen molar-refractivity contribution in [2.45, 2.75) is 12.6 Å². The minimum absolute atomic E-state index is 0.0816. The zero-order valence-electron chi connectivity index (χ0n) is 17.0. The standard InChI is InChI=1S/C24H21F3N2O3/c25-24(26,27)18-9-6-10-19(15-18)32-16-22(30)29-21-12-5-4-11-20(21)23(31)28-14-13-17-7-2-1-3-8-17/h1-12,15H,13-14,16H2,(H,28,31)(H,29,30). The SMILES string of the molecule is O=C(COc1cccc(C(F)(F)F)c1)Nc1ccccc1C(=O)NCCc1ccccc1. The van der Waals surface area contributed by atoms with Gasteiger partial charge in [0.1, 0.15) is 5.75 Å². The Bertz CT molecular complexity index is 1070. The highest BCUT2D eigenvalue weighted by atomic mass is 19.4. The molecule has 0 radical (unpaired) electrons. The van der Waals surface area contributed by atoms with Crippen LogP contribution in [0.2, 0.25) is 0 Å². The number of benzene rings is 3.